The Labute approximate surface area is 262 Å². The minimum Gasteiger partial charge on any atom is -0.491 e. The van der Waals surface area contributed by atoms with Gasteiger partial charge in [0.2, 0.25) is 8.41 Å². The Morgan fingerprint density at radius 3 is 2.58 bits per heavy atom. The number of methoxy groups -OCH3 is 1. The first kappa shape index (κ1) is 30.9. The number of aliphatic hydroxyl groups is 1. The van der Waals surface area contributed by atoms with Gasteiger partial charge in [0.15, 0.2) is 11.4 Å². The molecule has 2 aliphatic heterocycles. The van der Waals surface area contributed by atoms with Crippen LogP contribution in [-0.2, 0) is 21.7 Å². The van der Waals surface area contributed by atoms with E-state index in [0.29, 0.717) is 35.6 Å². The molecule has 2 aromatic heterocycles. The highest BCUT2D eigenvalue weighted by molar-refractivity contribution is 6.72. The van der Waals surface area contributed by atoms with Crippen molar-refractivity contribution in [2.24, 2.45) is 5.92 Å². The van der Waals surface area contributed by atoms with E-state index in [2.05, 4.69) is 10.3 Å². The molecule has 1 amide bonds. The smallest absolute Gasteiger partial charge is 0.297 e. The molecule has 12 heteroatoms. The first-order valence-corrected chi connectivity index (χ1v) is 18.1. The van der Waals surface area contributed by atoms with E-state index in [-0.39, 0.29) is 29.7 Å². The Balaban J connectivity index is 1.33. The summed E-state index contributed by atoms with van der Waals surface area (Å²) in [6, 6.07) is 18.3. The summed E-state index contributed by atoms with van der Waals surface area (Å²) in [7, 11) is -0.221. The monoisotopic (exact) mass is 631 g/mol. The molecule has 0 radical (unpaired) electrons. The number of anilines is 1. The lowest BCUT2D eigenvalue weighted by Gasteiger charge is -2.31. The van der Waals surface area contributed by atoms with E-state index in [0.717, 1.165) is 5.56 Å². The van der Waals surface area contributed by atoms with Crippen LogP contribution in [0.5, 0.6) is 5.75 Å². The van der Waals surface area contributed by atoms with Gasteiger partial charge in [-0.3, -0.25) is 18.8 Å². The van der Waals surface area contributed by atoms with Gasteiger partial charge >= 0.3 is 0 Å². The summed E-state index contributed by atoms with van der Waals surface area (Å²) in [4.78, 5) is 28.7. The molecule has 6 rings (SSSR count). The van der Waals surface area contributed by atoms with Gasteiger partial charge in [-0.2, -0.15) is 0 Å². The van der Waals surface area contributed by atoms with Gasteiger partial charge in [0.25, 0.3) is 11.5 Å². The van der Waals surface area contributed by atoms with E-state index in [1.54, 1.807) is 66.4 Å². The molecule has 4 heterocycles. The lowest BCUT2D eigenvalue weighted by molar-refractivity contribution is -0.145. The number of rotatable bonds is 9. The van der Waals surface area contributed by atoms with Crippen LogP contribution in [0.2, 0.25) is 18.6 Å². The fourth-order valence-corrected chi connectivity index (χ4v) is 9.83. The largest absolute Gasteiger partial charge is 0.491 e. The van der Waals surface area contributed by atoms with Crippen molar-refractivity contribution in [2.75, 3.05) is 25.7 Å². The molecule has 5 atom stereocenters. The van der Waals surface area contributed by atoms with E-state index >= 15 is 4.11 Å². The lowest BCUT2D eigenvalue weighted by Crippen LogP contribution is -2.44. The number of carbonyl (C=O) groups is 1. The molecule has 10 nitrogen and oxygen atoms in total. The molecule has 1 spiro atoms. The summed E-state index contributed by atoms with van der Waals surface area (Å²) in [5.74, 6) is -0.833. The zero-order valence-corrected chi connectivity index (χ0v) is 27.1. The number of hydrogen-bond acceptors (Lipinski definition) is 7. The van der Waals surface area contributed by atoms with Crippen LogP contribution in [0.15, 0.2) is 77.9 Å². The molecule has 4 aromatic rings. The van der Waals surface area contributed by atoms with Crippen LogP contribution < -0.4 is 15.2 Å². The summed E-state index contributed by atoms with van der Waals surface area (Å²) < 4.78 is 31.4. The molecule has 1 N–H and O–H groups in total. The number of halogens is 1. The number of hydrogen-bond donors (Lipinski definition) is 1. The Morgan fingerprint density at radius 2 is 1.89 bits per heavy atom. The van der Waals surface area contributed by atoms with Crippen LogP contribution in [0.3, 0.4) is 0 Å². The second-order valence-corrected chi connectivity index (χ2v) is 16.2. The van der Waals surface area contributed by atoms with Gasteiger partial charge in [-0.15, -0.1) is 5.10 Å². The van der Waals surface area contributed by atoms with Crippen LogP contribution in [-0.4, -0.2) is 65.9 Å². The molecule has 0 saturated carbocycles. The van der Waals surface area contributed by atoms with Gasteiger partial charge in [0.05, 0.1) is 37.1 Å². The molecule has 2 aliphatic rings. The Kier molecular flexibility index (Phi) is 8.00. The Hall–Kier alpha value is -4.13. The standard InChI is InChI=1S/C33H38FN5O5Si/c1-21-30(45(4,5)34)28(15-17-38-19-26(35-36-38)24(20-40)22-10-7-6-8-11-22)44-33(21)25-18-23(13-14-27(25)37(2)32(33)42)39-16-9-12-29(43-3)31(39)41/h6-14,16,18-19,21,24,28,30,40H,15,17,20H2,1-5H3/t21-,24?,28+,30-,33+/m0/s1. The number of pyridine rings is 1. The van der Waals surface area contributed by atoms with Gasteiger partial charge in [-0.25, -0.2) is 0 Å². The van der Waals surface area contributed by atoms with Crippen molar-refractivity contribution in [3.8, 4) is 11.4 Å². The highest BCUT2D eigenvalue weighted by atomic mass is 28.4. The van der Waals surface area contributed by atoms with E-state index in [1.165, 1.54) is 11.7 Å². The third-order valence-electron chi connectivity index (χ3n) is 9.43. The number of likely N-dealkylation sites (N-methyl/N-ethyl adjacent to an activating group) is 1. The number of aromatic nitrogens is 4. The number of nitrogens with zero attached hydrogens (tertiary/aromatic N) is 5. The summed E-state index contributed by atoms with van der Waals surface area (Å²) in [5.41, 5.74) is 1.20. The second-order valence-electron chi connectivity index (χ2n) is 12.4. The third-order valence-corrected chi connectivity index (χ3v) is 11.9. The molecule has 236 valence electrons. The molecular weight excluding hydrogens is 593 g/mol. The van der Waals surface area contributed by atoms with E-state index in [9.17, 15) is 14.7 Å². The highest BCUT2D eigenvalue weighted by Gasteiger charge is 2.66. The van der Waals surface area contributed by atoms with Crippen LogP contribution in [0, 0.1) is 5.92 Å². The maximum atomic E-state index is 16.2. The quantitative estimate of drug-likeness (QED) is 0.215. The predicted octanol–water partition coefficient (Wildman–Crippen LogP) is 4.40. The molecule has 1 unspecified atom stereocenters. The number of aryl methyl sites for hydroxylation is 1. The number of amides is 1. The summed E-state index contributed by atoms with van der Waals surface area (Å²) in [6.45, 7) is 5.52. The third kappa shape index (κ3) is 5.10. The van der Waals surface area contributed by atoms with Crippen molar-refractivity contribution in [2.45, 2.75) is 56.1 Å². The van der Waals surface area contributed by atoms with Crippen LogP contribution in [0.25, 0.3) is 5.69 Å². The van der Waals surface area contributed by atoms with Crippen molar-refractivity contribution >= 4 is 20.0 Å². The zero-order valence-electron chi connectivity index (χ0n) is 26.1. The van der Waals surface area contributed by atoms with Gasteiger partial charge in [-0.1, -0.05) is 42.5 Å². The van der Waals surface area contributed by atoms with E-state index < -0.39 is 31.6 Å². The molecule has 45 heavy (non-hydrogen) atoms. The Bertz CT molecular complexity index is 1770. The molecule has 0 aliphatic carbocycles. The normalized spacial score (nSPS) is 23.5. The summed E-state index contributed by atoms with van der Waals surface area (Å²) in [6.07, 6.45) is 3.30. The SMILES string of the molecule is COc1cccn(-c2ccc3c(c2)[C@@]2(O[C@H](CCn4cc(C(CO)c5ccccc5)nn4)[C@@H]([Si](C)(C)F)[C@@H]2C)C(=O)N3C)c1=O. The lowest BCUT2D eigenvalue weighted by atomic mass is 9.82. The van der Waals surface area contributed by atoms with Crippen molar-refractivity contribution in [3.05, 3.63) is 100 Å². The van der Waals surface area contributed by atoms with Crippen LogP contribution in [0.1, 0.15) is 36.1 Å². The molecule has 2 aromatic carbocycles. The van der Waals surface area contributed by atoms with Crippen LogP contribution >= 0.6 is 0 Å². The van der Waals surface area contributed by atoms with Crippen molar-refractivity contribution < 1.29 is 23.5 Å². The number of aliphatic hydroxyl groups excluding tert-OH is 1. The van der Waals surface area contributed by atoms with Gasteiger partial charge in [0, 0.05) is 48.7 Å². The van der Waals surface area contributed by atoms with Crippen molar-refractivity contribution in [1.82, 2.24) is 19.6 Å². The molecule has 1 saturated heterocycles. The molecule has 0 bridgehead atoms. The van der Waals surface area contributed by atoms with Crippen molar-refractivity contribution in [1.29, 1.82) is 0 Å². The van der Waals surface area contributed by atoms with Crippen molar-refractivity contribution in [3.63, 3.8) is 0 Å². The minimum atomic E-state index is -3.36. The van der Waals surface area contributed by atoms with Gasteiger partial charge < -0.3 is 23.6 Å². The summed E-state index contributed by atoms with van der Waals surface area (Å²) >= 11 is 0. The summed E-state index contributed by atoms with van der Waals surface area (Å²) in [5, 5.41) is 18.7. The van der Waals surface area contributed by atoms with Gasteiger partial charge in [0.1, 0.15) is 0 Å². The second kappa shape index (κ2) is 11.7. The number of ether oxygens (including phenoxy) is 2. The van der Waals surface area contributed by atoms with E-state index in [1.807, 2.05) is 43.3 Å². The highest BCUT2D eigenvalue weighted by Crippen LogP contribution is 2.60. The zero-order chi connectivity index (χ0) is 32.1. The molecular formula is C33H38FN5O5Si. The fourth-order valence-electron chi connectivity index (χ4n) is 7.29. The average Bonchev–Trinajstić information content (AvgIpc) is 3.67. The first-order valence-electron chi connectivity index (χ1n) is 15.1. The maximum Gasteiger partial charge on any atom is 0.297 e. The topological polar surface area (TPSA) is 112 Å². The van der Waals surface area contributed by atoms with Crippen LogP contribution in [0.4, 0.5) is 9.80 Å². The predicted molar refractivity (Wildman–Crippen MR) is 170 cm³/mol. The first-order chi connectivity index (χ1) is 21.5. The van der Waals surface area contributed by atoms with E-state index in [4.69, 9.17) is 9.47 Å². The minimum absolute atomic E-state index is 0.114. The number of benzene rings is 2. The van der Waals surface area contributed by atoms with Gasteiger partial charge in [-0.05, 0) is 55.4 Å². The molecule has 1 fully saturated rings. The maximum absolute atomic E-state index is 16.2. The Morgan fingerprint density at radius 1 is 1.13 bits per heavy atom. The average molecular weight is 632 g/mol. The number of fused-ring (bicyclic) bond motifs is 2. The fraction of sp³-hybridized carbons (Fsp3) is 0.394. The number of carbonyl (C=O) groups excluding carboxylic acids is 1.